The molecule has 4 rings (SSSR count). The van der Waals surface area contributed by atoms with Gasteiger partial charge in [0, 0.05) is 17.7 Å². The molecule has 1 aliphatic heterocycles. The van der Waals surface area contributed by atoms with Gasteiger partial charge < -0.3 is 9.47 Å². The molecule has 1 atom stereocenters. The van der Waals surface area contributed by atoms with Crippen LogP contribution in [0, 0.1) is 0 Å². The molecule has 4 nitrogen and oxygen atoms in total. The van der Waals surface area contributed by atoms with Gasteiger partial charge >= 0.3 is 5.97 Å². The van der Waals surface area contributed by atoms with Crippen molar-refractivity contribution in [1.82, 2.24) is 0 Å². The van der Waals surface area contributed by atoms with Crippen LogP contribution in [0.4, 0.5) is 0 Å². The maximum absolute atomic E-state index is 11.9. The molecule has 134 valence electrons. The number of ketones is 1. The maximum Gasteiger partial charge on any atom is 0.337 e. The van der Waals surface area contributed by atoms with E-state index >= 15 is 0 Å². The van der Waals surface area contributed by atoms with E-state index in [1.165, 1.54) is 7.11 Å². The summed E-state index contributed by atoms with van der Waals surface area (Å²) < 4.78 is 10.9. The fourth-order valence-corrected chi connectivity index (χ4v) is 5.26. The van der Waals surface area contributed by atoms with Crippen LogP contribution in [-0.4, -0.2) is 18.9 Å². The van der Waals surface area contributed by atoms with Crippen molar-refractivity contribution in [1.29, 1.82) is 0 Å². The first-order chi connectivity index (χ1) is 13.1. The SMILES string of the molecule is COC(=O)c1ccc2c(c1)Oc1ccc(C(C)=O)cc1[S+]2c1ccccc1. The highest BCUT2D eigenvalue weighted by Gasteiger charge is 2.40. The molecule has 0 bridgehead atoms. The molecule has 0 N–H and O–H groups in total. The van der Waals surface area contributed by atoms with E-state index in [2.05, 4.69) is 12.1 Å². The Kier molecular flexibility index (Phi) is 4.46. The molecule has 0 aliphatic carbocycles. The number of benzene rings is 3. The van der Waals surface area contributed by atoms with Crippen molar-refractivity contribution in [2.45, 2.75) is 21.6 Å². The van der Waals surface area contributed by atoms with E-state index in [-0.39, 0.29) is 5.78 Å². The zero-order valence-electron chi connectivity index (χ0n) is 14.9. The van der Waals surface area contributed by atoms with E-state index in [1.54, 1.807) is 25.1 Å². The minimum absolute atomic E-state index is 0.0150. The molecule has 0 amide bonds. The monoisotopic (exact) mass is 377 g/mol. The van der Waals surface area contributed by atoms with E-state index in [4.69, 9.17) is 9.47 Å². The highest BCUT2D eigenvalue weighted by molar-refractivity contribution is 7.97. The summed E-state index contributed by atoms with van der Waals surface area (Å²) in [7, 11) is 0.919. The van der Waals surface area contributed by atoms with Gasteiger partial charge in [0.25, 0.3) is 0 Å². The zero-order chi connectivity index (χ0) is 19.0. The van der Waals surface area contributed by atoms with Gasteiger partial charge in [-0.05, 0) is 43.3 Å². The lowest BCUT2D eigenvalue weighted by Gasteiger charge is -2.20. The lowest BCUT2D eigenvalue weighted by Crippen LogP contribution is -2.14. The first-order valence-electron chi connectivity index (χ1n) is 8.43. The van der Waals surface area contributed by atoms with Crippen molar-refractivity contribution < 1.29 is 19.1 Å². The molecular weight excluding hydrogens is 360 g/mol. The van der Waals surface area contributed by atoms with E-state index in [0.29, 0.717) is 22.6 Å². The van der Waals surface area contributed by atoms with Gasteiger partial charge in [0.15, 0.2) is 22.2 Å². The summed E-state index contributed by atoms with van der Waals surface area (Å²) in [6, 6.07) is 21.0. The molecule has 0 spiro atoms. The Labute approximate surface area is 160 Å². The van der Waals surface area contributed by atoms with Gasteiger partial charge in [-0.2, -0.15) is 0 Å². The second kappa shape index (κ2) is 6.93. The summed E-state index contributed by atoms with van der Waals surface area (Å²) in [4.78, 5) is 26.8. The van der Waals surface area contributed by atoms with Crippen LogP contribution in [0.25, 0.3) is 0 Å². The molecule has 3 aromatic rings. The van der Waals surface area contributed by atoms with Gasteiger partial charge in [-0.3, -0.25) is 4.79 Å². The summed E-state index contributed by atoms with van der Waals surface area (Å²) in [5, 5.41) is 0. The Morgan fingerprint density at radius 2 is 1.59 bits per heavy atom. The summed E-state index contributed by atoms with van der Waals surface area (Å²) in [5.74, 6) is 0.940. The average Bonchev–Trinajstić information content (AvgIpc) is 2.71. The third-order valence-electron chi connectivity index (χ3n) is 4.35. The minimum atomic E-state index is -0.438. The number of methoxy groups -OCH3 is 1. The van der Waals surface area contributed by atoms with Crippen LogP contribution in [0.3, 0.4) is 0 Å². The number of carbonyl (C=O) groups excluding carboxylic acids is 2. The van der Waals surface area contributed by atoms with Crippen molar-refractivity contribution in [3.8, 4) is 11.5 Å². The highest BCUT2D eigenvalue weighted by Crippen LogP contribution is 2.47. The maximum atomic E-state index is 11.9. The van der Waals surface area contributed by atoms with Crippen LogP contribution in [0.1, 0.15) is 27.6 Å². The fraction of sp³-hybridized carbons (Fsp3) is 0.0909. The molecule has 5 heteroatoms. The standard InChI is InChI=1S/C22H17O4S/c1-14(23)15-8-10-18-21(13-15)27(17-6-4-3-5-7-17)20-11-9-16(22(24)25-2)12-19(20)26-18/h3-13H,1-2H3/q+1. The zero-order valence-corrected chi connectivity index (χ0v) is 15.7. The number of hydrogen-bond acceptors (Lipinski definition) is 4. The second-order valence-electron chi connectivity index (χ2n) is 6.09. The molecule has 0 saturated carbocycles. The van der Waals surface area contributed by atoms with Crippen LogP contribution >= 0.6 is 0 Å². The van der Waals surface area contributed by atoms with Crippen molar-refractivity contribution in [3.05, 3.63) is 77.9 Å². The van der Waals surface area contributed by atoms with Crippen molar-refractivity contribution in [2.75, 3.05) is 7.11 Å². The van der Waals surface area contributed by atoms with Crippen LogP contribution in [0.15, 0.2) is 81.4 Å². The predicted octanol–water partition coefficient (Wildman–Crippen LogP) is 4.88. The fourth-order valence-electron chi connectivity index (χ4n) is 3.02. The minimum Gasteiger partial charge on any atom is -0.465 e. The van der Waals surface area contributed by atoms with Crippen molar-refractivity contribution in [3.63, 3.8) is 0 Å². The summed E-state index contributed by atoms with van der Waals surface area (Å²) in [6.07, 6.45) is 0. The smallest absolute Gasteiger partial charge is 0.337 e. The molecular formula is C22H17O4S+. The summed E-state index contributed by atoms with van der Waals surface area (Å²) in [5.41, 5.74) is 1.09. The number of esters is 1. The molecule has 0 fully saturated rings. The first kappa shape index (κ1) is 17.4. The molecule has 1 heterocycles. The van der Waals surface area contributed by atoms with E-state index in [1.807, 2.05) is 36.4 Å². The Morgan fingerprint density at radius 1 is 0.852 bits per heavy atom. The first-order valence-corrected chi connectivity index (χ1v) is 9.65. The second-order valence-corrected chi connectivity index (χ2v) is 8.06. The Bertz CT molecular complexity index is 1040. The third-order valence-corrected chi connectivity index (χ3v) is 6.63. The lowest BCUT2D eigenvalue weighted by atomic mass is 10.1. The van der Waals surface area contributed by atoms with Crippen LogP contribution in [0.2, 0.25) is 0 Å². The Balaban J connectivity index is 1.92. The molecule has 0 aromatic heterocycles. The van der Waals surface area contributed by atoms with Crippen molar-refractivity contribution in [2.24, 2.45) is 0 Å². The topological polar surface area (TPSA) is 52.6 Å². The molecule has 1 aliphatic rings. The molecule has 1 unspecified atom stereocenters. The summed E-state index contributed by atoms with van der Waals surface area (Å²) in [6.45, 7) is 1.56. The Hall–Kier alpha value is -3.05. The largest absolute Gasteiger partial charge is 0.465 e. The number of carbonyl (C=O) groups is 2. The molecule has 3 aromatic carbocycles. The molecule has 0 radical (unpaired) electrons. The number of Topliss-reactive ketones (excluding diaryl/α,β-unsaturated/α-hetero) is 1. The van der Waals surface area contributed by atoms with E-state index < -0.39 is 16.9 Å². The van der Waals surface area contributed by atoms with E-state index in [9.17, 15) is 9.59 Å². The van der Waals surface area contributed by atoms with Crippen LogP contribution in [-0.2, 0) is 15.6 Å². The lowest BCUT2D eigenvalue weighted by molar-refractivity contribution is 0.0600. The number of fused-ring (bicyclic) bond motifs is 2. The van der Waals surface area contributed by atoms with Crippen LogP contribution < -0.4 is 4.74 Å². The van der Waals surface area contributed by atoms with E-state index in [0.717, 1.165) is 14.7 Å². The van der Waals surface area contributed by atoms with Gasteiger partial charge in [-0.1, -0.05) is 18.2 Å². The van der Waals surface area contributed by atoms with Gasteiger partial charge in [0.1, 0.15) is 10.9 Å². The average molecular weight is 377 g/mol. The van der Waals surface area contributed by atoms with Gasteiger partial charge in [0.05, 0.1) is 12.7 Å². The highest BCUT2D eigenvalue weighted by atomic mass is 32.2. The predicted molar refractivity (Wildman–Crippen MR) is 103 cm³/mol. The van der Waals surface area contributed by atoms with Crippen molar-refractivity contribution >= 4 is 22.6 Å². The van der Waals surface area contributed by atoms with Gasteiger partial charge in [-0.25, -0.2) is 4.79 Å². The quantitative estimate of drug-likeness (QED) is 0.290. The van der Waals surface area contributed by atoms with Crippen LogP contribution in [0.5, 0.6) is 11.5 Å². The number of ether oxygens (including phenoxy) is 2. The Morgan fingerprint density at radius 3 is 2.30 bits per heavy atom. The number of rotatable bonds is 3. The molecule has 0 saturated heterocycles. The normalized spacial score (nSPS) is 14.5. The summed E-state index contributed by atoms with van der Waals surface area (Å²) >= 11 is 0. The third kappa shape index (κ3) is 3.11. The molecule has 27 heavy (non-hydrogen) atoms. The van der Waals surface area contributed by atoms with Gasteiger partial charge in [-0.15, -0.1) is 0 Å². The van der Waals surface area contributed by atoms with Gasteiger partial charge in [0.2, 0.25) is 9.79 Å². The number of hydrogen-bond donors (Lipinski definition) is 0.